The van der Waals surface area contributed by atoms with Gasteiger partial charge < -0.3 is 4.74 Å². The molecule has 106 valence electrons. The maximum absolute atomic E-state index is 5.78. The Balaban J connectivity index is 2.16. The van der Waals surface area contributed by atoms with Crippen LogP contribution < -0.4 is 4.74 Å². The van der Waals surface area contributed by atoms with E-state index in [0.29, 0.717) is 5.88 Å². The van der Waals surface area contributed by atoms with Crippen LogP contribution in [0.3, 0.4) is 0 Å². The molecule has 0 amide bonds. The zero-order valence-electron chi connectivity index (χ0n) is 12.4. The van der Waals surface area contributed by atoms with Gasteiger partial charge in [-0.15, -0.1) is 0 Å². The van der Waals surface area contributed by atoms with Gasteiger partial charge >= 0.3 is 0 Å². The first-order chi connectivity index (χ1) is 9.42. The second-order valence-corrected chi connectivity index (χ2v) is 6.43. The summed E-state index contributed by atoms with van der Waals surface area (Å²) in [6.45, 7) is 8.66. The van der Waals surface area contributed by atoms with Crippen molar-refractivity contribution in [3.8, 4) is 11.6 Å². The van der Waals surface area contributed by atoms with Crippen LogP contribution >= 0.6 is 15.9 Å². The summed E-state index contributed by atoms with van der Waals surface area (Å²) < 4.78 is 6.77. The zero-order valence-corrected chi connectivity index (χ0v) is 14.0. The fraction of sp³-hybridized carbons (Fsp3) is 0.353. The standard InChI is InChI=1S/C17H20BrNO/c1-5-17(3,4)13-6-8-14(9-7-13)20-16-11-10-15(18)12(2)19-16/h6-11H,5H2,1-4H3. The van der Waals surface area contributed by atoms with E-state index in [1.165, 1.54) is 5.56 Å². The van der Waals surface area contributed by atoms with Crippen LogP contribution in [0, 0.1) is 6.92 Å². The molecule has 2 rings (SSSR count). The lowest BCUT2D eigenvalue weighted by atomic mass is 9.82. The van der Waals surface area contributed by atoms with Gasteiger partial charge in [0.05, 0.1) is 5.69 Å². The van der Waals surface area contributed by atoms with Gasteiger partial charge in [-0.1, -0.05) is 32.9 Å². The molecule has 0 saturated heterocycles. The maximum Gasteiger partial charge on any atom is 0.219 e. The minimum Gasteiger partial charge on any atom is -0.439 e. The second-order valence-electron chi connectivity index (χ2n) is 5.58. The average molecular weight is 334 g/mol. The van der Waals surface area contributed by atoms with E-state index in [-0.39, 0.29) is 5.41 Å². The summed E-state index contributed by atoms with van der Waals surface area (Å²) in [4.78, 5) is 4.39. The van der Waals surface area contributed by atoms with Gasteiger partial charge in [0.1, 0.15) is 5.75 Å². The number of nitrogens with zero attached hydrogens (tertiary/aromatic N) is 1. The largest absolute Gasteiger partial charge is 0.439 e. The van der Waals surface area contributed by atoms with Crippen LogP contribution in [0.2, 0.25) is 0 Å². The van der Waals surface area contributed by atoms with E-state index >= 15 is 0 Å². The molecule has 1 aromatic carbocycles. The Morgan fingerprint density at radius 1 is 1.10 bits per heavy atom. The van der Waals surface area contributed by atoms with Gasteiger partial charge in [-0.05, 0) is 58.5 Å². The summed E-state index contributed by atoms with van der Waals surface area (Å²) in [5.74, 6) is 1.43. The number of benzene rings is 1. The molecule has 0 spiro atoms. The molecule has 2 nitrogen and oxygen atoms in total. The monoisotopic (exact) mass is 333 g/mol. The summed E-state index contributed by atoms with van der Waals surface area (Å²) in [6.07, 6.45) is 1.11. The van der Waals surface area contributed by atoms with Crippen LogP contribution in [0.25, 0.3) is 0 Å². The Morgan fingerprint density at radius 2 is 1.75 bits per heavy atom. The molecule has 2 aromatic rings. The van der Waals surface area contributed by atoms with Crippen LogP contribution in [-0.4, -0.2) is 4.98 Å². The molecule has 1 aromatic heterocycles. The van der Waals surface area contributed by atoms with Gasteiger partial charge in [0, 0.05) is 10.5 Å². The molecule has 0 aliphatic carbocycles. The predicted molar refractivity (Wildman–Crippen MR) is 86.5 cm³/mol. The molecule has 0 saturated carbocycles. The number of aromatic nitrogens is 1. The lowest BCUT2D eigenvalue weighted by Crippen LogP contribution is -2.14. The normalized spacial score (nSPS) is 11.4. The summed E-state index contributed by atoms with van der Waals surface area (Å²) >= 11 is 3.44. The number of ether oxygens (including phenoxy) is 1. The summed E-state index contributed by atoms with van der Waals surface area (Å²) in [7, 11) is 0. The highest BCUT2D eigenvalue weighted by molar-refractivity contribution is 9.10. The molecule has 20 heavy (non-hydrogen) atoms. The van der Waals surface area contributed by atoms with Crippen LogP contribution in [0.5, 0.6) is 11.6 Å². The van der Waals surface area contributed by atoms with Gasteiger partial charge in [-0.25, -0.2) is 4.98 Å². The van der Waals surface area contributed by atoms with E-state index in [0.717, 1.165) is 22.3 Å². The Kier molecular flexibility index (Phi) is 4.48. The molecule has 0 aliphatic heterocycles. The van der Waals surface area contributed by atoms with Gasteiger partial charge in [-0.3, -0.25) is 0 Å². The molecule has 0 aliphatic rings. The quantitative estimate of drug-likeness (QED) is 0.723. The molecule has 0 radical (unpaired) electrons. The Labute approximate surface area is 129 Å². The van der Waals surface area contributed by atoms with Crippen LogP contribution in [0.1, 0.15) is 38.4 Å². The Morgan fingerprint density at radius 3 is 2.30 bits per heavy atom. The summed E-state index contributed by atoms with van der Waals surface area (Å²) in [5.41, 5.74) is 2.45. The molecule has 0 N–H and O–H groups in total. The zero-order chi connectivity index (χ0) is 14.8. The maximum atomic E-state index is 5.78. The summed E-state index contributed by atoms with van der Waals surface area (Å²) in [6, 6.07) is 12.1. The highest BCUT2D eigenvalue weighted by Crippen LogP contribution is 2.29. The van der Waals surface area contributed by atoms with Crippen LogP contribution in [0.15, 0.2) is 40.9 Å². The number of halogens is 1. The van der Waals surface area contributed by atoms with E-state index in [4.69, 9.17) is 4.74 Å². The van der Waals surface area contributed by atoms with Crippen molar-refractivity contribution in [1.82, 2.24) is 4.98 Å². The van der Waals surface area contributed by atoms with Gasteiger partial charge in [0.25, 0.3) is 0 Å². The summed E-state index contributed by atoms with van der Waals surface area (Å²) in [5, 5.41) is 0. The predicted octanol–water partition coefficient (Wildman–Crippen LogP) is 5.63. The molecular weight excluding hydrogens is 314 g/mol. The first-order valence-electron chi connectivity index (χ1n) is 6.84. The third kappa shape index (κ3) is 3.40. The number of rotatable bonds is 4. The van der Waals surface area contributed by atoms with Crippen molar-refractivity contribution in [2.75, 3.05) is 0 Å². The van der Waals surface area contributed by atoms with Crippen molar-refractivity contribution in [3.63, 3.8) is 0 Å². The van der Waals surface area contributed by atoms with E-state index in [1.54, 1.807) is 0 Å². The van der Waals surface area contributed by atoms with E-state index in [9.17, 15) is 0 Å². The lowest BCUT2D eigenvalue weighted by Gasteiger charge is -2.23. The van der Waals surface area contributed by atoms with Crippen molar-refractivity contribution in [2.24, 2.45) is 0 Å². The highest BCUT2D eigenvalue weighted by Gasteiger charge is 2.17. The van der Waals surface area contributed by atoms with Crippen molar-refractivity contribution in [3.05, 3.63) is 52.1 Å². The number of pyridine rings is 1. The van der Waals surface area contributed by atoms with Gasteiger partial charge in [-0.2, -0.15) is 0 Å². The van der Waals surface area contributed by atoms with Crippen molar-refractivity contribution < 1.29 is 4.74 Å². The van der Waals surface area contributed by atoms with Crippen LogP contribution in [0.4, 0.5) is 0 Å². The van der Waals surface area contributed by atoms with Gasteiger partial charge in [0.15, 0.2) is 0 Å². The second kappa shape index (κ2) is 5.96. The Hall–Kier alpha value is -1.35. The number of aryl methyl sites for hydroxylation is 1. The topological polar surface area (TPSA) is 22.1 Å². The van der Waals surface area contributed by atoms with Crippen molar-refractivity contribution in [2.45, 2.75) is 39.5 Å². The highest BCUT2D eigenvalue weighted by atomic mass is 79.9. The van der Waals surface area contributed by atoms with E-state index in [2.05, 4.69) is 53.8 Å². The molecular formula is C17H20BrNO. The minimum absolute atomic E-state index is 0.199. The van der Waals surface area contributed by atoms with E-state index in [1.807, 2.05) is 31.2 Å². The average Bonchev–Trinajstić information content (AvgIpc) is 2.43. The van der Waals surface area contributed by atoms with Crippen molar-refractivity contribution >= 4 is 15.9 Å². The first-order valence-corrected chi connectivity index (χ1v) is 7.63. The molecule has 3 heteroatoms. The smallest absolute Gasteiger partial charge is 0.219 e. The minimum atomic E-state index is 0.199. The number of hydrogen-bond acceptors (Lipinski definition) is 2. The van der Waals surface area contributed by atoms with Crippen LogP contribution in [-0.2, 0) is 5.41 Å². The Bertz CT molecular complexity index is 590. The molecule has 0 fully saturated rings. The molecule has 0 unspecified atom stereocenters. The third-order valence-electron chi connectivity index (χ3n) is 3.74. The lowest BCUT2D eigenvalue weighted by molar-refractivity contribution is 0.459. The van der Waals surface area contributed by atoms with Gasteiger partial charge in [0.2, 0.25) is 5.88 Å². The molecule has 0 atom stereocenters. The van der Waals surface area contributed by atoms with Crippen molar-refractivity contribution in [1.29, 1.82) is 0 Å². The molecule has 0 bridgehead atoms. The first kappa shape index (κ1) is 15.0. The van der Waals surface area contributed by atoms with E-state index < -0.39 is 0 Å². The SMILES string of the molecule is CCC(C)(C)c1ccc(Oc2ccc(Br)c(C)n2)cc1. The molecule has 1 heterocycles. The fourth-order valence-corrected chi connectivity index (χ4v) is 2.10. The number of hydrogen-bond donors (Lipinski definition) is 0. The third-order valence-corrected chi connectivity index (χ3v) is 4.58. The fourth-order valence-electron chi connectivity index (χ4n) is 1.88.